The van der Waals surface area contributed by atoms with Crippen molar-refractivity contribution >= 4 is 5.91 Å². The van der Waals surface area contributed by atoms with Crippen LogP contribution in [0, 0.1) is 0 Å². The van der Waals surface area contributed by atoms with Crippen LogP contribution in [0.2, 0.25) is 0 Å². The van der Waals surface area contributed by atoms with Gasteiger partial charge in [0, 0.05) is 19.1 Å². The van der Waals surface area contributed by atoms with E-state index in [2.05, 4.69) is 5.32 Å². The van der Waals surface area contributed by atoms with Gasteiger partial charge >= 0.3 is 0 Å². The van der Waals surface area contributed by atoms with Crippen LogP contribution >= 0.6 is 0 Å². The van der Waals surface area contributed by atoms with E-state index in [4.69, 9.17) is 0 Å². The maximum Gasteiger partial charge on any atom is 0.234 e. The summed E-state index contributed by atoms with van der Waals surface area (Å²) in [5, 5.41) is 2.79. The molecule has 0 aromatic heterocycles. The topological polar surface area (TPSA) is 32.3 Å². The number of nitrogens with zero attached hydrogens (tertiary/aromatic N) is 1. The highest BCUT2D eigenvalue weighted by atomic mass is 19.1. The number of carbonyl (C=O) groups is 1. The number of nitrogens with one attached hydrogen (secondary N) is 1. The summed E-state index contributed by atoms with van der Waals surface area (Å²) in [5.74, 6) is 0.0385. The third-order valence-corrected chi connectivity index (χ3v) is 2.92. The van der Waals surface area contributed by atoms with Gasteiger partial charge in [-0.2, -0.15) is 0 Å². The zero-order valence-corrected chi connectivity index (χ0v) is 7.63. The van der Waals surface area contributed by atoms with Crippen molar-refractivity contribution in [1.29, 1.82) is 0 Å². The molecule has 2 atom stereocenters. The van der Waals surface area contributed by atoms with Gasteiger partial charge in [0.15, 0.2) is 0 Å². The fraction of sp³-hybridized carbons (Fsp3) is 0.889. The van der Waals surface area contributed by atoms with Gasteiger partial charge in [-0.25, -0.2) is 4.39 Å². The van der Waals surface area contributed by atoms with Crippen molar-refractivity contribution in [3.8, 4) is 0 Å². The largest absolute Gasteiger partial charge is 0.355 e. The van der Waals surface area contributed by atoms with E-state index >= 15 is 0 Å². The number of hydrogen-bond donors (Lipinski definition) is 1. The summed E-state index contributed by atoms with van der Waals surface area (Å²) < 4.78 is 13.1. The molecule has 0 aromatic rings. The van der Waals surface area contributed by atoms with Crippen LogP contribution in [-0.2, 0) is 4.79 Å². The zero-order chi connectivity index (χ0) is 9.26. The monoisotopic (exact) mass is 186 g/mol. The molecule has 1 amide bonds. The van der Waals surface area contributed by atoms with Crippen molar-refractivity contribution in [3.63, 3.8) is 0 Å². The summed E-state index contributed by atoms with van der Waals surface area (Å²) in [5.41, 5.74) is 0. The van der Waals surface area contributed by atoms with E-state index in [0.717, 1.165) is 25.9 Å². The van der Waals surface area contributed by atoms with Crippen molar-refractivity contribution in [2.24, 2.45) is 0 Å². The molecule has 2 unspecified atom stereocenters. The lowest BCUT2D eigenvalue weighted by atomic mass is 9.89. The van der Waals surface area contributed by atoms with E-state index in [1.165, 1.54) is 0 Å². The second-order valence-electron chi connectivity index (χ2n) is 3.83. The fourth-order valence-corrected chi connectivity index (χ4v) is 1.97. The van der Waals surface area contributed by atoms with Crippen molar-refractivity contribution in [1.82, 2.24) is 10.2 Å². The Morgan fingerprint density at radius 1 is 1.46 bits per heavy atom. The zero-order valence-electron chi connectivity index (χ0n) is 7.63. The second kappa shape index (κ2) is 3.62. The van der Waals surface area contributed by atoms with E-state index in [1.807, 2.05) is 4.90 Å². The molecule has 2 fully saturated rings. The predicted octanol–water partition coefficient (Wildman–Crippen LogP) is 0.309. The summed E-state index contributed by atoms with van der Waals surface area (Å²) in [7, 11) is 0. The first-order valence-corrected chi connectivity index (χ1v) is 4.92. The first-order chi connectivity index (χ1) is 6.27. The molecule has 0 bridgehead atoms. The number of amides is 1. The van der Waals surface area contributed by atoms with Gasteiger partial charge < -0.3 is 5.32 Å². The molecule has 2 rings (SSSR count). The Hall–Kier alpha value is -0.640. The summed E-state index contributed by atoms with van der Waals surface area (Å²) in [6.07, 6.45) is 1.82. The summed E-state index contributed by atoms with van der Waals surface area (Å²) in [6, 6.07) is 0.0175. The quantitative estimate of drug-likeness (QED) is 0.639. The SMILES string of the molecule is O=C1CN(C2CCC2F)CCCN1. The average Bonchev–Trinajstić information content (AvgIpc) is 2.27. The third-order valence-electron chi connectivity index (χ3n) is 2.92. The average molecular weight is 186 g/mol. The maximum absolute atomic E-state index is 13.1. The number of alkyl halides is 1. The molecule has 3 nitrogen and oxygen atoms in total. The van der Waals surface area contributed by atoms with Crippen LogP contribution in [-0.4, -0.2) is 42.7 Å². The molecular formula is C9H15FN2O. The molecule has 13 heavy (non-hydrogen) atoms. The van der Waals surface area contributed by atoms with E-state index < -0.39 is 6.17 Å². The van der Waals surface area contributed by atoms with Crippen LogP contribution in [0.25, 0.3) is 0 Å². The Labute approximate surface area is 77.3 Å². The number of carbonyl (C=O) groups excluding carboxylic acids is 1. The second-order valence-corrected chi connectivity index (χ2v) is 3.83. The Morgan fingerprint density at radius 3 is 2.92 bits per heavy atom. The number of halogens is 1. The van der Waals surface area contributed by atoms with Crippen LogP contribution in [0.15, 0.2) is 0 Å². The van der Waals surface area contributed by atoms with Crippen molar-refractivity contribution in [2.75, 3.05) is 19.6 Å². The highest BCUT2D eigenvalue weighted by molar-refractivity contribution is 5.78. The van der Waals surface area contributed by atoms with E-state index in [0.29, 0.717) is 13.0 Å². The van der Waals surface area contributed by atoms with Crippen molar-refractivity contribution < 1.29 is 9.18 Å². The molecule has 0 radical (unpaired) electrons. The van der Waals surface area contributed by atoms with E-state index in [1.54, 1.807) is 0 Å². The lowest BCUT2D eigenvalue weighted by molar-refractivity contribution is -0.122. The molecule has 1 saturated heterocycles. The molecule has 0 aromatic carbocycles. The Balaban J connectivity index is 1.93. The number of hydrogen-bond acceptors (Lipinski definition) is 2. The molecule has 4 heteroatoms. The minimum Gasteiger partial charge on any atom is -0.355 e. The Morgan fingerprint density at radius 2 is 2.31 bits per heavy atom. The molecule has 1 aliphatic heterocycles. The van der Waals surface area contributed by atoms with Gasteiger partial charge in [-0.05, 0) is 19.3 Å². The highest BCUT2D eigenvalue weighted by Gasteiger charge is 2.36. The lowest BCUT2D eigenvalue weighted by Gasteiger charge is -2.39. The van der Waals surface area contributed by atoms with Crippen molar-refractivity contribution in [3.05, 3.63) is 0 Å². The van der Waals surface area contributed by atoms with Crippen LogP contribution in [0.4, 0.5) is 4.39 Å². The van der Waals surface area contributed by atoms with Gasteiger partial charge in [-0.1, -0.05) is 0 Å². The molecule has 1 aliphatic carbocycles. The molecule has 1 heterocycles. The summed E-state index contributed by atoms with van der Waals surface area (Å²) in [6.45, 7) is 1.97. The molecule has 0 spiro atoms. The van der Waals surface area contributed by atoms with Gasteiger partial charge in [-0.3, -0.25) is 9.69 Å². The Kier molecular flexibility index (Phi) is 2.49. The lowest BCUT2D eigenvalue weighted by Crippen LogP contribution is -2.50. The van der Waals surface area contributed by atoms with Crippen LogP contribution in [0.3, 0.4) is 0 Å². The van der Waals surface area contributed by atoms with Crippen molar-refractivity contribution in [2.45, 2.75) is 31.5 Å². The molecule has 2 aliphatic rings. The van der Waals surface area contributed by atoms with Crippen LogP contribution in [0.5, 0.6) is 0 Å². The highest BCUT2D eigenvalue weighted by Crippen LogP contribution is 2.28. The minimum atomic E-state index is -0.703. The third kappa shape index (κ3) is 1.82. The van der Waals surface area contributed by atoms with E-state index in [-0.39, 0.29) is 11.9 Å². The molecule has 1 saturated carbocycles. The van der Waals surface area contributed by atoms with Gasteiger partial charge in [0.1, 0.15) is 6.17 Å². The first-order valence-electron chi connectivity index (χ1n) is 4.92. The van der Waals surface area contributed by atoms with Gasteiger partial charge in [-0.15, -0.1) is 0 Å². The standard InChI is InChI=1S/C9H15FN2O/c10-7-2-3-8(7)12-5-1-4-11-9(13)6-12/h7-8H,1-6H2,(H,11,13). The predicted molar refractivity (Wildman–Crippen MR) is 47.1 cm³/mol. The van der Waals surface area contributed by atoms with E-state index in [9.17, 15) is 9.18 Å². The maximum atomic E-state index is 13.1. The first kappa shape index (κ1) is 8.94. The minimum absolute atomic E-state index is 0.0175. The fourth-order valence-electron chi connectivity index (χ4n) is 1.97. The normalized spacial score (nSPS) is 36.2. The summed E-state index contributed by atoms with van der Waals surface area (Å²) in [4.78, 5) is 13.2. The molecule has 74 valence electrons. The van der Waals surface area contributed by atoms with Crippen LogP contribution in [0.1, 0.15) is 19.3 Å². The van der Waals surface area contributed by atoms with Gasteiger partial charge in [0.05, 0.1) is 6.54 Å². The molecule has 1 N–H and O–H groups in total. The number of rotatable bonds is 1. The Bertz CT molecular complexity index is 210. The van der Waals surface area contributed by atoms with Gasteiger partial charge in [0.25, 0.3) is 0 Å². The summed E-state index contributed by atoms with van der Waals surface area (Å²) >= 11 is 0. The van der Waals surface area contributed by atoms with Gasteiger partial charge in [0.2, 0.25) is 5.91 Å². The van der Waals surface area contributed by atoms with Crippen LogP contribution < -0.4 is 5.32 Å². The smallest absolute Gasteiger partial charge is 0.234 e. The molecular weight excluding hydrogens is 171 g/mol.